The van der Waals surface area contributed by atoms with Crippen LogP contribution in [0.1, 0.15) is 12.8 Å². The lowest BCUT2D eigenvalue weighted by molar-refractivity contribution is -0.139. The molecule has 160 valence electrons. The molecule has 10 heteroatoms. The first kappa shape index (κ1) is 22.9. The summed E-state index contributed by atoms with van der Waals surface area (Å²) in [5.41, 5.74) is 0.526. The fourth-order valence-corrected chi connectivity index (χ4v) is 3.70. The van der Waals surface area contributed by atoms with Crippen molar-refractivity contribution in [1.82, 2.24) is 10.2 Å². The third-order valence-electron chi connectivity index (χ3n) is 4.46. The normalized spacial score (nSPS) is 16.5. The molecule has 0 saturated carbocycles. The van der Waals surface area contributed by atoms with E-state index in [1.54, 1.807) is 12.1 Å². The number of carboxylic acids is 1. The summed E-state index contributed by atoms with van der Waals surface area (Å²) in [6, 6.07) is 7.31. The van der Waals surface area contributed by atoms with Crippen molar-refractivity contribution in [3.8, 4) is 5.75 Å². The molecule has 2 aromatic carbocycles. The first-order valence-electron chi connectivity index (χ1n) is 9.17. The van der Waals surface area contributed by atoms with E-state index in [0.29, 0.717) is 17.6 Å². The van der Waals surface area contributed by atoms with Crippen molar-refractivity contribution >= 4 is 32.5 Å². The molecule has 29 heavy (non-hydrogen) atoms. The highest BCUT2D eigenvalue weighted by molar-refractivity contribution is 7.86. The number of hydrogen-bond donors (Lipinski definition) is 5. The second kappa shape index (κ2) is 9.88. The van der Waals surface area contributed by atoms with Crippen molar-refractivity contribution in [3.63, 3.8) is 0 Å². The van der Waals surface area contributed by atoms with E-state index in [1.165, 1.54) is 18.2 Å². The topological polar surface area (TPSA) is 139 Å². The van der Waals surface area contributed by atoms with Gasteiger partial charge < -0.3 is 25.7 Å². The predicted molar refractivity (Wildman–Crippen MR) is 111 cm³/mol. The van der Waals surface area contributed by atoms with Gasteiger partial charge in [0, 0.05) is 29.5 Å². The molecule has 0 radical (unpaired) electrons. The molecular weight excluding hydrogens is 398 g/mol. The van der Waals surface area contributed by atoms with Gasteiger partial charge in [0.05, 0.1) is 0 Å². The smallest absolute Gasteiger partial charge is 0.320 e. The van der Waals surface area contributed by atoms with Gasteiger partial charge in [-0.25, -0.2) is 0 Å². The molecule has 0 bridgehead atoms. The molecule has 0 unspecified atom stereocenters. The van der Waals surface area contributed by atoms with E-state index in [0.717, 1.165) is 25.9 Å². The van der Waals surface area contributed by atoms with Gasteiger partial charge in [0.2, 0.25) is 0 Å². The van der Waals surface area contributed by atoms with E-state index in [9.17, 15) is 22.9 Å². The average molecular weight is 426 g/mol. The van der Waals surface area contributed by atoms with Gasteiger partial charge in [0.1, 0.15) is 16.7 Å². The van der Waals surface area contributed by atoms with Crippen molar-refractivity contribution in [2.45, 2.75) is 23.8 Å². The Morgan fingerprint density at radius 1 is 1.28 bits per heavy atom. The number of benzene rings is 2. The fraction of sp³-hybridized carbons (Fsp3) is 0.421. The van der Waals surface area contributed by atoms with Crippen LogP contribution in [0.4, 0.5) is 5.69 Å². The van der Waals surface area contributed by atoms with E-state index in [2.05, 4.69) is 10.6 Å². The summed E-state index contributed by atoms with van der Waals surface area (Å²) in [5.74, 6) is -0.754. The molecule has 0 aliphatic carbocycles. The van der Waals surface area contributed by atoms with E-state index in [4.69, 9.17) is 5.11 Å². The molecule has 2 aromatic rings. The number of likely N-dealkylation sites (N-methyl/N-ethyl adjacent to an activating group) is 1. The second-order valence-corrected chi connectivity index (χ2v) is 8.43. The van der Waals surface area contributed by atoms with E-state index in [1.807, 2.05) is 19.0 Å². The van der Waals surface area contributed by atoms with Gasteiger partial charge in [0.15, 0.2) is 0 Å². The third kappa shape index (κ3) is 6.57. The first-order valence-corrected chi connectivity index (χ1v) is 10.6. The molecule has 1 fully saturated rings. The molecule has 5 N–H and O–H groups in total. The zero-order valence-corrected chi connectivity index (χ0v) is 17.2. The molecular formula is C19H27N3O6S. The van der Waals surface area contributed by atoms with Crippen LogP contribution in [-0.4, -0.2) is 73.8 Å². The molecule has 9 nitrogen and oxygen atoms in total. The van der Waals surface area contributed by atoms with Crippen molar-refractivity contribution in [2.75, 3.05) is 39.0 Å². The van der Waals surface area contributed by atoms with Gasteiger partial charge in [-0.3, -0.25) is 9.35 Å². The SMILES string of the molecule is CN(C)CCNc1cc(S(=O)(=O)O)c2cccc(O)c2c1.O=C(O)[C@@H]1CCCN1. The Labute approximate surface area is 170 Å². The summed E-state index contributed by atoms with van der Waals surface area (Å²) >= 11 is 0. The largest absolute Gasteiger partial charge is 0.507 e. The number of rotatable bonds is 6. The Morgan fingerprint density at radius 3 is 2.52 bits per heavy atom. The van der Waals surface area contributed by atoms with Crippen LogP contribution in [0.15, 0.2) is 35.2 Å². The number of nitrogens with zero attached hydrogens (tertiary/aromatic N) is 1. The second-order valence-electron chi connectivity index (χ2n) is 7.04. The summed E-state index contributed by atoms with van der Waals surface area (Å²) in [5, 5.41) is 24.8. The lowest BCUT2D eigenvalue weighted by atomic mass is 10.1. The van der Waals surface area contributed by atoms with Gasteiger partial charge in [0.25, 0.3) is 10.1 Å². The van der Waals surface area contributed by atoms with E-state index < -0.39 is 16.1 Å². The molecule has 1 aliphatic rings. The minimum Gasteiger partial charge on any atom is -0.507 e. The number of anilines is 1. The number of carboxylic acid groups (broad SMARTS) is 1. The number of aliphatic carboxylic acids is 1. The number of fused-ring (bicyclic) bond motifs is 1. The van der Waals surface area contributed by atoms with Gasteiger partial charge in [-0.2, -0.15) is 8.42 Å². The monoisotopic (exact) mass is 425 g/mol. The van der Waals surface area contributed by atoms with Gasteiger partial charge >= 0.3 is 5.97 Å². The Bertz CT molecular complexity index is 956. The number of carbonyl (C=O) groups is 1. The maximum Gasteiger partial charge on any atom is 0.320 e. The minimum absolute atomic E-state index is 0.0336. The summed E-state index contributed by atoms with van der Waals surface area (Å²) < 4.78 is 32.4. The van der Waals surface area contributed by atoms with Crippen molar-refractivity contribution in [2.24, 2.45) is 0 Å². The number of phenolic OH excluding ortho intramolecular Hbond substituents is 1. The van der Waals surface area contributed by atoms with Crippen LogP contribution in [0, 0.1) is 0 Å². The highest BCUT2D eigenvalue weighted by Crippen LogP contribution is 2.32. The number of hydrogen-bond acceptors (Lipinski definition) is 7. The van der Waals surface area contributed by atoms with Crippen LogP contribution < -0.4 is 10.6 Å². The summed E-state index contributed by atoms with van der Waals surface area (Å²) in [4.78, 5) is 11.9. The zero-order valence-electron chi connectivity index (χ0n) is 16.4. The van der Waals surface area contributed by atoms with Crippen molar-refractivity contribution in [1.29, 1.82) is 0 Å². The van der Waals surface area contributed by atoms with Gasteiger partial charge in [-0.15, -0.1) is 0 Å². The predicted octanol–water partition coefficient (Wildman–Crippen LogP) is 1.59. The van der Waals surface area contributed by atoms with Crippen LogP contribution >= 0.6 is 0 Å². The Balaban J connectivity index is 0.000000313. The molecule has 1 saturated heterocycles. The third-order valence-corrected chi connectivity index (χ3v) is 5.35. The van der Waals surface area contributed by atoms with Gasteiger partial charge in [-0.1, -0.05) is 12.1 Å². The molecule has 0 amide bonds. The van der Waals surface area contributed by atoms with E-state index in [-0.39, 0.29) is 22.1 Å². The number of phenols is 1. The summed E-state index contributed by atoms with van der Waals surface area (Å²) in [6.07, 6.45) is 1.78. The lowest BCUT2D eigenvalue weighted by Gasteiger charge is -2.13. The molecule has 0 aromatic heterocycles. The maximum absolute atomic E-state index is 11.5. The van der Waals surface area contributed by atoms with Crippen LogP contribution in [0.25, 0.3) is 10.8 Å². The number of aromatic hydroxyl groups is 1. The minimum atomic E-state index is -4.37. The molecule has 1 aliphatic heterocycles. The van der Waals surface area contributed by atoms with Crippen molar-refractivity contribution in [3.05, 3.63) is 30.3 Å². The van der Waals surface area contributed by atoms with Crippen LogP contribution in [-0.2, 0) is 14.9 Å². The highest BCUT2D eigenvalue weighted by atomic mass is 32.2. The highest BCUT2D eigenvalue weighted by Gasteiger charge is 2.20. The van der Waals surface area contributed by atoms with E-state index >= 15 is 0 Å². The fourth-order valence-electron chi connectivity index (χ4n) is 2.97. The van der Waals surface area contributed by atoms with Crippen LogP contribution in [0.3, 0.4) is 0 Å². The lowest BCUT2D eigenvalue weighted by Crippen LogP contribution is -2.29. The summed E-state index contributed by atoms with van der Waals surface area (Å²) in [7, 11) is -0.515. The maximum atomic E-state index is 11.5. The van der Waals surface area contributed by atoms with Crippen molar-refractivity contribution < 1.29 is 28.0 Å². The van der Waals surface area contributed by atoms with Crippen LogP contribution in [0.2, 0.25) is 0 Å². The molecule has 1 heterocycles. The first-order chi connectivity index (χ1) is 13.6. The Morgan fingerprint density at radius 2 is 2.00 bits per heavy atom. The summed E-state index contributed by atoms with van der Waals surface area (Å²) in [6.45, 7) is 2.23. The molecule has 0 spiro atoms. The standard InChI is InChI=1S/C14H18N2O4S.C5H9NO2/c1-16(2)7-6-15-10-8-12-11(4-3-5-13(12)17)14(9-10)21(18,19)20;7-5(8)4-2-1-3-6-4/h3-5,8-9,15,17H,6-7H2,1-2H3,(H,18,19,20);4,6H,1-3H2,(H,7,8)/t;4-/m.0/s1. The van der Waals surface area contributed by atoms with Crippen LogP contribution in [0.5, 0.6) is 5.75 Å². The quantitative estimate of drug-likeness (QED) is 0.437. The molecule has 1 atom stereocenters. The van der Waals surface area contributed by atoms with Gasteiger partial charge in [-0.05, 0) is 51.7 Å². The zero-order chi connectivity index (χ0) is 21.6. The Kier molecular flexibility index (Phi) is 7.80. The molecule has 3 rings (SSSR count). The Hall–Kier alpha value is -2.40. The average Bonchev–Trinajstić information content (AvgIpc) is 3.16. The number of nitrogens with one attached hydrogen (secondary N) is 2.